The summed E-state index contributed by atoms with van der Waals surface area (Å²) in [5.41, 5.74) is 2.16. The monoisotopic (exact) mass is 265 g/mol. The molecule has 2 nitrogen and oxygen atoms in total. The van der Waals surface area contributed by atoms with Crippen molar-refractivity contribution in [3.63, 3.8) is 0 Å². The Morgan fingerprint density at radius 1 is 1.33 bits per heavy atom. The third kappa shape index (κ3) is 2.48. The molecule has 0 aromatic heterocycles. The van der Waals surface area contributed by atoms with Gasteiger partial charge < -0.3 is 5.32 Å². The van der Waals surface area contributed by atoms with Crippen LogP contribution in [-0.2, 0) is 4.79 Å². The van der Waals surface area contributed by atoms with E-state index in [1.165, 1.54) is 5.56 Å². The highest BCUT2D eigenvalue weighted by Gasteiger charge is 2.19. The standard InChI is InChI=1S/C12H12BrNO/c13-8-11-6-10(7-12(15)14-11)9-4-2-1-3-5-9/h1-6,10H,7-8H2,(H,14,15). The van der Waals surface area contributed by atoms with Crippen molar-refractivity contribution in [3.05, 3.63) is 47.7 Å². The predicted octanol–water partition coefficient (Wildman–Crippen LogP) is 2.57. The fourth-order valence-electron chi connectivity index (χ4n) is 1.77. The molecule has 0 saturated carbocycles. The summed E-state index contributed by atoms with van der Waals surface area (Å²) < 4.78 is 0. The van der Waals surface area contributed by atoms with Crippen LogP contribution >= 0.6 is 15.9 Å². The molecule has 0 radical (unpaired) electrons. The van der Waals surface area contributed by atoms with E-state index in [0.29, 0.717) is 11.8 Å². The summed E-state index contributed by atoms with van der Waals surface area (Å²) in [6.07, 6.45) is 2.66. The van der Waals surface area contributed by atoms with Gasteiger partial charge in [0.25, 0.3) is 0 Å². The van der Waals surface area contributed by atoms with E-state index in [1.54, 1.807) is 0 Å². The number of nitrogens with one attached hydrogen (secondary N) is 1. The third-order valence-corrected chi connectivity index (χ3v) is 3.08. The van der Waals surface area contributed by atoms with Gasteiger partial charge in [-0.3, -0.25) is 4.79 Å². The minimum Gasteiger partial charge on any atom is -0.329 e. The van der Waals surface area contributed by atoms with Crippen LogP contribution in [0.3, 0.4) is 0 Å². The molecule has 0 fully saturated rings. The van der Waals surface area contributed by atoms with Crippen LogP contribution < -0.4 is 5.32 Å². The molecule has 1 aromatic rings. The zero-order valence-corrected chi connectivity index (χ0v) is 9.83. The normalized spacial score (nSPS) is 20.7. The Balaban J connectivity index is 2.26. The third-order valence-electron chi connectivity index (χ3n) is 2.48. The first-order chi connectivity index (χ1) is 7.29. The van der Waals surface area contributed by atoms with Crippen LogP contribution in [0, 0.1) is 0 Å². The van der Waals surface area contributed by atoms with Crippen molar-refractivity contribution in [1.29, 1.82) is 0 Å². The lowest BCUT2D eigenvalue weighted by molar-refractivity contribution is -0.120. The highest BCUT2D eigenvalue weighted by atomic mass is 79.9. The van der Waals surface area contributed by atoms with Crippen LogP contribution in [0.25, 0.3) is 0 Å². The van der Waals surface area contributed by atoms with Gasteiger partial charge in [-0.1, -0.05) is 52.3 Å². The zero-order chi connectivity index (χ0) is 10.7. The maximum absolute atomic E-state index is 11.4. The lowest BCUT2D eigenvalue weighted by Crippen LogP contribution is -2.29. The summed E-state index contributed by atoms with van der Waals surface area (Å²) in [4.78, 5) is 11.4. The van der Waals surface area contributed by atoms with Gasteiger partial charge in [-0.05, 0) is 5.56 Å². The van der Waals surface area contributed by atoms with Gasteiger partial charge in [0.15, 0.2) is 0 Å². The first-order valence-electron chi connectivity index (χ1n) is 4.91. The lowest BCUT2D eigenvalue weighted by Gasteiger charge is -2.20. The molecule has 0 saturated heterocycles. The smallest absolute Gasteiger partial charge is 0.225 e. The molecule has 15 heavy (non-hydrogen) atoms. The molecule has 0 spiro atoms. The summed E-state index contributed by atoms with van der Waals surface area (Å²) in [7, 11) is 0. The number of carbonyl (C=O) groups is 1. The van der Waals surface area contributed by atoms with E-state index in [2.05, 4.69) is 39.5 Å². The summed E-state index contributed by atoms with van der Waals surface area (Å²) in [6, 6.07) is 10.1. The van der Waals surface area contributed by atoms with Gasteiger partial charge >= 0.3 is 0 Å². The van der Waals surface area contributed by atoms with Crippen molar-refractivity contribution >= 4 is 21.8 Å². The average molecular weight is 266 g/mol. The van der Waals surface area contributed by atoms with E-state index < -0.39 is 0 Å². The highest BCUT2D eigenvalue weighted by molar-refractivity contribution is 9.09. The molecular formula is C12H12BrNO. The number of allylic oxidation sites excluding steroid dienone is 2. The van der Waals surface area contributed by atoms with E-state index >= 15 is 0 Å². The van der Waals surface area contributed by atoms with Crippen molar-refractivity contribution in [2.75, 3.05) is 5.33 Å². The Morgan fingerprint density at radius 3 is 2.73 bits per heavy atom. The highest BCUT2D eigenvalue weighted by Crippen LogP contribution is 2.25. The van der Waals surface area contributed by atoms with Gasteiger partial charge in [-0.25, -0.2) is 0 Å². The Kier molecular flexibility index (Phi) is 3.21. The van der Waals surface area contributed by atoms with Crippen molar-refractivity contribution in [2.45, 2.75) is 12.3 Å². The van der Waals surface area contributed by atoms with Crippen LogP contribution in [0.1, 0.15) is 17.9 Å². The van der Waals surface area contributed by atoms with Crippen molar-refractivity contribution in [1.82, 2.24) is 5.32 Å². The van der Waals surface area contributed by atoms with E-state index in [1.807, 2.05) is 18.2 Å². The molecule has 1 aromatic carbocycles. The largest absolute Gasteiger partial charge is 0.329 e. The van der Waals surface area contributed by atoms with E-state index in [9.17, 15) is 4.79 Å². The van der Waals surface area contributed by atoms with Crippen molar-refractivity contribution in [2.24, 2.45) is 0 Å². The van der Waals surface area contributed by atoms with Gasteiger partial charge in [-0.15, -0.1) is 0 Å². The maximum Gasteiger partial charge on any atom is 0.225 e. The molecule has 0 aliphatic carbocycles. The van der Waals surface area contributed by atoms with Crippen molar-refractivity contribution in [3.8, 4) is 0 Å². The van der Waals surface area contributed by atoms with Crippen LogP contribution in [0.5, 0.6) is 0 Å². The SMILES string of the molecule is O=C1CC(c2ccccc2)C=C(CBr)N1. The Hall–Kier alpha value is -1.09. The zero-order valence-electron chi connectivity index (χ0n) is 8.24. The van der Waals surface area contributed by atoms with Gasteiger partial charge in [0, 0.05) is 23.4 Å². The fraction of sp³-hybridized carbons (Fsp3) is 0.250. The topological polar surface area (TPSA) is 29.1 Å². The molecule has 0 bridgehead atoms. The number of hydrogen-bond donors (Lipinski definition) is 1. The molecule has 1 heterocycles. The quantitative estimate of drug-likeness (QED) is 0.819. The second kappa shape index (κ2) is 4.62. The molecule has 3 heteroatoms. The molecule has 1 aliphatic heterocycles. The van der Waals surface area contributed by atoms with Crippen LogP contribution in [0.2, 0.25) is 0 Å². The van der Waals surface area contributed by atoms with Crippen LogP contribution in [0.15, 0.2) is 42.1 Å². The number of halogens is 1. The fourth-order valence-corrected chi connectivity index (χ4v) is 2.09. The second-order valence-electron chi connectivity index (χ2n) is 3.60. The molecule has 1 amide bonds. The predicted molar refractivity (Wildman–Crippen MR) is 63.8 cm³/mol. The molecule has 2 rings (SSSR count). The Morgan fingerprint density at radius 2 is 2.07 bits per heavy atom. The maximum atomic E-state index is 11.4. The Labute approximate surface area is 97.5 Å². The minimum absolute atomic E-state index is 0.0980. The van der Waals surface area contributed by atoms with Crippen LogP contribution in [-0.4, -0.2) is 11.2 Å². The van der Waals surface area contributed by atoms with Gasteiger partial charge in [-0.2, -0.15) is 0 Å². The molecule has 1 atom stereocenters. The second-order valence-corrected chi connectivity index (χ2v) is 4.16. The van der Waals surface area contributed by atoms with Gasteiger partial charge in [0.2, 0.25) is 5.91 Å². The van der Waals surface area contributed by atoms with Crippen molar-refractivity contribution < 1.29 is 4.79 Å². The van der Waals surface area contributed by atoms with Crippen LogP contribution in [0.4, 0.5) is 0 Å². The molecule has 1 unspecified atom stereocenters. The summed E-state index contributed by atoms with van der Waals surface area (Å²) >= 11 is 3.36. The number of amides is 1. The number of rotatable bonds is 2. The van der Waals surface area contributed by atoms with E-state index in [-0.39, 0.29) is 11.8 Å². The molecule has 78 valence electrons. The number of benzene rings is 1. The molecular weight excluding hydrogens is 254 g/mol. The lowest BCUT2D eigenvalue weighted by atomic mass is 9.92. The number of hydrogen-bond acceptors (Lipinski definition) is 1. The Bertz CT molecular complexity index is 386. The first kappa shape index (κ1) is 10.4. The minimum atomic E-state index is 0.0980. The van der Waals surface area contributed by atoms with Gasteiger partial charge in [0.1, 0.15) is 0 Å². The molecule has 1 aliphatic rings. The summed E-state index contributed by atoms with van der Waals surface area (Å²) in [6.45, 7) is 0. The van der Waals surface area contributed by atoms with E-state index in [4.69, 9.17) is 0 Å². The number of carbonyl (C=O) groups excluding carboxylic acids is 1. The summed E-state index contributed by atoms with van der Waals surface area (Å²) in [5.74, 6) is 0.313. The number of alkyl halides is 1. The molecule has 1 N–H and O–H groups in total. The summed E-state index contributed by atoms with van der Waals surface area (Å²) in [5, 5.41) is 3.54. The van der Waals surface area contributed by atoms with Gasteiger partial charge in [0.05, 0.1) is 0 Å². The average Bonchev–Trinajstić information content (AvgIpc) is 2.29. The first-order valence-corrected chi connectivity index (χ1v) is 6.03. The van der Waals surface area contributed by atoms with E-state index in [0.717, 1.165) is 5.70 Å².